The van der Waals surface area contributed by atoms with Crippen LogP contribution in [-0.2, 0) is 4.79 Å². The monoisotopic (exact) mass is 325 g/mol. The van der Waals surface area contributed by atoms with Gasteiger partial charge >= 0.3 is 5.97 Å². The molecule has 1 aromatic carbocycles. The summed E-state index contributed by atoms with van der Waals surface area (Å²) in [7, 11) is 0. The number of carboxylic acid groups (broad SMARTS) is 1. The van der Waals surface area contributed by atoms with E-state index in [2.05, 4.69) is 27.0 Å². The maximum absolute atomic E-state index is 11.0. The second-order valence-corrected chi connectivity index (χ2v) is 6.69. The molecule has 2 aromatic rings. The van der Waals surface area contributed by atoms with E-state index in [1.165, 1.54) is 4.70 Å². The van der Waals surface area contributed by atoms with Gasteiger partial charge in [-0.05, 0) is 37.5 Å². The van der Waals surface area contributed by atoms with Crippen molar-refractivity contribution in [2.24, 2.45) is 5.92 Å². The van der Waals surface area contributed by atoms with Gasteiger partial charge in [-0.3, -0.25) is 4.79 Å². The predicted octanol–water partition coefficient (Wildman–Crippen LogP) is 4.03. The number of thiazole rings is 1. The van der Waals surface area contributed by atoms with Crippen LogP contribution in [0.2, 0.25) is 0 Å². The van der Waals surface area contributed by atoms with Gasteiger partial charge in [0, 0.05) is 10.4 Å². The van der Waals surface area contributed by atoms with Gasteiger partial charge in [0.15, 0.2) is 0 Å². The van der Waals surface area contributed by atoms with Crippen LogP contribution in [0.4, 0.5) is 0 Å². The molecule has 2 atom stereocenters. The first-order valence-electron chi connectivity index (χ1n) is 5.92. The van der Waals surface area contributed by atoms with Gasteiger partial charge in [-0.2, -0.15) is 0 Å². The Bertz CT molecular complexity index is 610. The molecule has 1 fully saturated rings. The van der Waals surface area contributed by atoms with Crippen LogP contribution in [0.5, 0.6) is 0 Å². The van der Waals surface area contributed by atoms with Crippen LogP contribution in [0.15, 0.2) is 22.7 Å². The number of carbonyl (C=O) groups is 1. The topological polar surface area (TPSA) is 50.2 Å². The molecule has 18 heavy (non-hydrogen) atoms. The van der Waals surface area contributed by atoms with Crippen LogP contribution in [0, 0.1) is 5.92 Å². The third kappa shape index (κ3) is 2.17. The smallest absolute Gasteiger partial charge is 0.306 e. The highest BCUT2D eigenvalue weighted by molar-refractivity contribution is 9.10. The molecule has 1 N–H and O–H groups in total. The number of rotatable bonds is 2. The average Bonchev–Trinajstić information content (AvgIpc) is 2.93. The Morgan fingerprint density at radius 1 is 1.44 bits per heavy atom. The molecule has 2 unspecified atom stereocenters. The molecule has 0 bridgehead atoms. The SMILES string of the molecule is O=C(O)C1CCC(c2nc3cc(Br)ccc3s2)C1. The molecule has 0 amide bonds. The second-order valence-electron chi connectivity index (χ2n) is 4.71. The van der Waals surface area contributed by atoms with Crippen LogP contribution < -0.4 is 0 Å². The molecule has 3 rings (SSSR count). The molecule has 3 nitrogen and oxygen atoms in total. The Morgan fingerprint density at radius 3 is 3.00 bits per heavy atom. The van der Waals surface area contributed by atoms with Gasteiger partial charge in [0.2, 0.25) is 0 Å². The maximum atomic E-state index is 11.0. The Hall–Kier alpha value is -0.940. The van der Waals surface area contributed by atoms with Crippen molar-refractivity contribution in [3.05, 3.63) is 27.7 Å². The highest BCUT2D eigenvalue weighted by atomic mass is 79.9. The van der Waals surface area contributed by atoms with Crippen LogP contribution >= 0.6 is 27.3 Å². The number of halogens is 1. The van der Waals surface area contributed by atoms with Gasteiger partial charge in [-0.25, -0.2) is 4.98 Å². The average molecular weight is 326 g/mol. The van der Waals surface area contributed by atoms with Crippen molar-refractivity contribution < 1.29 is 9.90 Å². The van der Waals surface area contributed by atoms with Crippen LogP contribution in [-0.4, -0.2) is 16.1 Å². The third-order valence-corrected chi connectivity index (χ3v) is 5.19. The first-order valence-corrected chi connectivity index (χ1v) is 7.53. The van der Waals surface area contributed by atoms with Crippen molar-refractivity contribution in [1.29, 1.82) is 0 Å². The minimum Gasteiger partial charge on any atom is -0.481 e. The highest BCUT2D eigenvalue weighted by Gasteiger charge is 2.32. The molecule has 94 valence electrons. The quantitative estimate of drug-likeness (QED) is 0.906. The largest absolute Gasteiger partial charge is 0.481 e. The number of aliphatic carboxylic acids is 1. The number of nitrogens with zero attached hydrogens (tertiary/aromatic N) is 1. The number of hydrogen-bond donors (Lipinski definition) is 1. The van der Waals surface area contributed by atoms with E-state index in [0.29, 0.717) is 5.92 Å². The lowest BCUT2D eigenvalue weighted by Crippen LogP contribution is -2.09. The summed E-state index contributed by atoms with van der Waals surface area (Å²) in [4.78, 5) is 15.6. The zero-order chi connectivity index (χ0) is 12.7. The van der Waals surface area contributed by atoms with Crippen LogP contribution in [0.25, 0.3) is 10.2 Å². The summed E-state index contributed by atoms with van der Waals surface area (Å²) in [5, 5.41) is 10.1. The van der Waals surface area contributed by atoms with Gasteiger partial charge < -0.3 is 5.11 Å². The summed E-state index contributed by atoms with van der Waals surface area (Å²) in [5.74, 6) is -0.530. The molecule has 1 aromatic heterocycles. The first-order chi connectivity index (χ1) is 8.63. The fraction of sp³-hybridized carbons (Fsp3) is 0.385. The Labute approximate surface area is 117 Å². The summed E-state index contributed by atoms with van der Waals surface area (Å²) >= 11 is 5.13. The molecule has 0 radical (unpaired) electrons. The summed E-state index contributed by atoms with van der Waals surface area (Å²) in [6.07, 6.45) is 2.45. The van der Waals surface area contributed by atoms with Crippen molar-refractivity contribution in [2.75, 3.05) is 0 Å². The number of benzene rings is 1. The van der Waals surface area contributed by atoms with Crippen molar-refractivity contribution in [2.45, 2.75) is 25.2 Å². The Morgan fingerprint density at radius 2 is 2.28 bits per heavy atom. The number of aromatic nitrogens is 1. The van der Waals surface area contributed by atoms with Gasteiger partial charge in [-0.1, -0.05) is 15.9 Å². The zero-order valence-corrected chi connectivity index (χ0v) is 12.0. The summed E-state index contributed by atoms with van der Waals surface area (Å²) in [6.45, 7) is 0. The van der Waals surface area contributed by atoms with Gasteiger partial charge in [-0.15, -0.1) is 11.3 Å². The third-order valence-electron chi connectivity index (χ3n) is 3.50. The number of hydrogen-bond acceptors (Lipinski definition) is 3. The lowest BCUT2D eigenvalue weighted by molar-refractivity contribution is -0.141. The molecule has 1 aliphatic rings. The van der Waals surface area contributed by atoms with E-state index in [9.17, 15) is 4.79 Å². The molecule has 1 aliphatic carbocycles. The van der Waals surface area contributed by atoms with E-state index in [1.807, 2.05) is 12.1 Å². The fourth-order valence-corrected chi connectivity index (χ4v) is 3.97. The van der Waals surface area contributed by atoms with Crippen LogP contribution in [0.3, 0.4) is 0 Å². The molecule has 0 saturated heterocycles. The molecular formula is C13H12BrNO2S. The number of fused-ring (bicyclic) bond motifs is 1. The Balaban J connectivity index is 1.89. The van der Waals surface area contributed by atoms with E-state index in [1.54, 1.807) is 11.3 Å². The van der Waals surface area contributed by atoms with E-state index in [-0.39, 0.29) is 5.92 Å². The zero-order valence-electron chi connectivity index (χ0n) is 9.60. The molecule has 0 aliphatic heterocycles. The first kappa shape index (κ1) is 12.1. The molecular weight excluding hydrogens is 314 g/mol. The van der Waals surface area contributed by atoms with E-state index in [4.69, 9.17) is 5.11 Å². The maximum Gasteiger partial charge on any atom is 0.306 e. The second kappa shape index (κ2) is 4.63. The molecule has 5 heteroatoms. The van der Waals surface area contributed by atoms with Crippen LogP contribution in [0.1, 0.15) is 30.2 Å². The van der Waals surface area contributed by atoms with Crippen molar-refractivity contribution in [3.8, 4) is 0 Å². The summed E-state index contributed by atoms with van der Waals surface area (Å²) < 4.78 is 2.20. The van der Waals surface area contributed by atoms with E-state index in [0.717, 1.165) is 34.3 Å². The lowest BCUT2D eigenvalue weighted by Gasteiger charge is -2.04. The van der Waals surface area contributed by atoms with Gasteiger partial charge in [0.05, 0.1) is 21.1 Å². The minimum absolute atomic E-state index is 0.186. The molecule has 1 saturated carbocycles. The molecule has 1 heterocycles. The number of carboxylic acids is 1. The van der Waals surface area contributed by atoms with Gasteiger partial charge in [0.25, 0.3) is 0 Å². The lowest BCUT2D eigenvalue weighted by atomic mass is 10.1. The summed E-state index contributed by atoms with van der Waals surface area (Å²) in [5.41, 5.74) is 1.00. The van der Waals surface area contributed by atoms with Gasteiger partial charge in [0.1, 0.15) is 0 Å². The standard InChI is InChI=1S/C13H12BrNO2S/c14-9-3-4-11-10(6-9)15-12(18-11)7-1-2-8(5-7)13(16)17/h3-4,6-8H,1-2,5H2,(H,16,17). The highest BCUT2D eigenvalue weighted by Crippen LogP contribution is 2.41. The van der Waals surface area contributed by atoms with Crippen molar-refractivity contribution in [1.82, 2.24) is 4.98 Å². The minimum atomic E-state index is -0.665. The predicted molar refractivity (Wildman–Crippen MR) is 75.0 cm³/mol. The van der Waals surface area contributed by atoms with E-state index >= 15 is 0 Å². The molecule has 0 spiro atoms. The Kier molecular flexibility index (Phi) is 3.11. The summed E-state index contributed by atoms with van der Waals surface area (Å²) in [6, 6.07) is 6.09. The fourth-order valence-electron chi connectivity index (χ4n) is 2.52. The normalized spacial score (nSPS) is 23.6. The van der Waals surface area contributed by atoms with E-state index < -0.39 is 5.97 Å². The van der Waals surface area contributed by atoms with Crippen molar-refractivity contribution >= 4 is 43.5 Å². The van der Waals surface area contributed by atoms with Crippen molar-refractivity contribution in [3.63, 3.8) is 0 Å².